The van der Waals surface area contributed by atoms with E-state index in [-0.39, 0.29) is 17.4 Å². The van der Waals surface area contributed by atoms with Crippen LogP contribution in [0.2, 0.25) is 0 Å². The minimum atomic E-state index is -0.501. The molecule has 1 heterocycles. The van der Waals surface area contributed by atoms with Crippen molar-refractivity contribution in [1.82, 2.24) is 14.9 Å². The number of benzene rings is 1. The Labute approximate surface area is 166 Å². The molecule has 1 N–H and O–H groups in total. The van der Waals surface area contributed by atoms with Crippen LogP contribution in [0.1, 0.15) is 37.7 Å². The van der Waals surface area contributed by atoms with Crippen LogP contribution in [0.5, 0.6) is 0 Å². The molecule has 2 aromatic rings. The number of Topliss-reactive ketones (excluding diaryl/α,β-unsaturated/α-hetero) is 1. The third-order valence-corrected chi connectivity index (χ3v) is 5.39. The molecule has 0 spiro atoms. The highest BCUT2D eigenvalue weighted by molar-refractivity contribution is 7.99. The Morgan fingerprint density at radius 1 is 1.19 bits per heavy atom. The van der Waals surface area contributed by atoms with Gasteiger partial charge in [0, 0.05) is 12.2 Å². The summed E-state index contributed by atoms with van der Waals surface area (Å²) in [6, 6.07) is 9.23. The molecule has 1 aromatic carbocycles. The fourth-order valence-corrected chi connectivity index (χ4v) is 3.74. The highest BCUT2D eigenvalue weighted by Gasteiger charge is 2.19. The van der Waals surface area contributed by atoms with E-state index >= 15 is 0 Å². The van der Waals surface area contributed by atoms with Gasteiger partial charge in [-0.1, -0.05) is 55.9 Å². The molecule has 0 bridgehead atoms. The molecule has 5 nitrogen and oxygen atoms in total. The van der Waals surface area contributed by atoms with Crippen LogP contribution in [0.4, 0.5) is 0 Å². The van der Waals surface area contributed by atoms with Gasteiger partial charge in [0.15, 0.2) is 10.9 Å². The van der Waals surface area contributed by atoms with Gasteiger partial charge in [-0.25, -0.2) is 4.98 Å². The number of carbonyl (C=O) groups excluding carboxylic acids is 2. The number of aryl methyl sites for hydroxylation is 1. The van der Waals surface area contributed by atoms with Gasteiger partial charge in [0.2, 0.25) is 5.91 Å². The molecule has 1 aromatic heterocycles. The van der Waals surface area contributed by atoms with Gasteiger partial charge in [0.25, 0.3) is 0 Å². The summed E-state index contributed by atoms with van der Waals surface area (Å²) in [5.74, 6) is 0.557. The predicted molar refractivity (Wildman–Crippen MR) is 110 cm³/mol. The average Bonchev–Trinajstić information content (AvgIpc) is 2.87. The molecule has 1 amide bonds. The van der Waals surface area contributed by atoms with Crippen molar-refractivity contribution < 1.29 is 9.59 Å². The van der Waals surface area contributed by atoms with Crippen LogP contribution in [0.25, 0.3) is 0 Å². The summed E-state index contributed by atoms with van der Waals surface area (Å²) >= 11 is 1.42. The first-order valence-electron chi connectivity index (χ1n) is 9.28. The minimum absolute atomic E-state index is 0.0369. The SMILES string of the molecule is CC(=O)[C@@H](Cc1ccccc1)NC(=O)CSc1nc(C)c(C)n1CC(C)C. The van der Waals surface area contributed by atoms with E-state index in [4.69, 9.17) is 0 Å². The lowest BCUT2D eigenvalue weighted by molar-refractivity contribution is -0.125. The molecule has 146 valence electrons. The van der Waals surface area contributed by atoms with Crippen molar-refractivity contribution in [1.29, 1.82) is 0 Å². The van der Waals surface area contributed by atoms with E-state index in [0.717, 1.165) is 28.7 Å². The molecule has 0 saturated carbocycles. The highest BCUT2D eigenvalue weighted by atomic mass is 32.2. The van der Waals surface area contributed by atoms with Gasteiger partial charge in [-0.05, 0) is 38.7 Å². The van der Waals surface area contributed by atoms with Crippen LogP contribution in [-0.2, 0) is 22.6 Å². The monoisotopic (exact) mass is 387 g/mol. The molecule has 0 radical (unpaired) electrons. The predicted octanol–water partition coefficient (Wildman–Crippen LogP) is 3.56. The first-order valence-corrected chi connectivity index (χ1v) is 10.3. The summed E-state index contributed by atoms with van der Waals surface area (Å²) < 4.78 is 2.17. The molecule has 6 heteroatoms. The molecule has 0 aliphatic rings. The second kappa shape index (κ2) is 9.74. The minimum Gasteiger partial charge on any atom is -0.345 e. The Hall–Kier alpha value is -2.08. The van der Waals surface area contributed by atoms with E-state index in [0.29, 0.717) is 12.3 Å². The first kappa shape index (κ1) is 21.2. The van der Waals surface area contributed by atoms with Crippen LogP contribution in [0, 0.1) is 19.8 Å². The number of imidazole rings is 1. The number of rotatable bonds is 9. The van der Waals surface area contributed by atoms with Crippen molar-refractivity contribution in [2.45, 2.75) is 58.8 Å². The van der Waals surface area contributed by atoms with Gasteiger partial charge in [0.1, 0.15) is 0 Å². The van der Waals surface area contributed by atoms with Crippen molar-refractivity contribution in [2.75, 3.05) is 5.75 Å². The topological polar surface area (TPSA) is 64.0 Å². The van der Waals surface area contributed by atoms with E-state index in [1.54, 1.807) is 0 Å². The maximum absolute atomic E-state index is 12.4. The van der Waals surface area contributed by atoms with E-state index < -0.39 is 6.04 Å². The second-order valence-corrected chi connectivity index (χ2v) is 8.22. The number of hydrogen-bond acceptors (Lipinski definition) is 4. The van der Waals surface area contributed by atoms with E-state index in [1.807, 2.05) is 37.3 Å². The highest BCUT2D eigenvalue weighted by Crippen LogP contribution is 2.22. The van der Waals surface area contributed by atoms with Gasteiger partial charge >= 0.3 is 0 Å². The van der Waals surface area contributed by atoms with E-state index in [2.05, 4.69) is 35.6 Å². The number of ketones is 1. The second-order valence-electron chi connectivity index (χ2n) is 7.28. The number of nitrogens with zero attached hydrogens (tertiary/aromatic N) is 2. The van der Waals surface area contributed by atoms with Gasteiger partial charge < -0.3 is 9.88 Å². The molecular formula is C21H29N3O2S. The maximum atomic E-state index is 12.4. The zero-order valence-corrected chi connectivity index (χ0v) is 17.6. The molecule has 0 saturated heterocycles. The fourth-order valence-electron chi connectivity index (χ4n) is 2.83. The molecular weight excluding hydrogens is 358 g/mol. The lowest BCUT2D eigenvalue weighted by Gasteiger charge is -2.16. The Morgan fingerprint density at radius 3 is 2.44 bits per heavy atom. The Morgan fingerprint density at radius 2 is 1.85 bits per heavy atom. The van der Waals surface area contributed by atoms with Crippen LogP contribution < -0.4 is 5.32 Å². The molecule has 27 heavy (non-hydrogen) atoms. The normalized spacial score (nSPS) is 12.2. The number of thioether (sulfide) groups is 1. The van der Waals surface area contributed by atoms with Crippen molar-refractivity contribution in [3.05, 3.63) is 47.3 Å². The summed E-state index contributed by atoms with van der Waals surface area (Å²) in [6.07, 6.45) is 0.507. The van der Waals surface area contributed by atoms with E-state index in [9.17, 15) is 9.59 Å². The summed E-state index contributed by atoms with van der Waals surface area (Å²) in [5, 5.41) is 3.73. The number of aromatic nitrogens is 2. The Balaban J connectivity index is 1.98. The van der Waals surface area contributed by atoms with Crippen LogP contribution in [-0.4, -0.2) is 33.0 Å². The lowest BCUT2D eigenvalue weighted by atomic mass is 10.0. The largest absolute Gasteiger partial charge is 0.345 e. The van der Waals surface area contributed by atoms with Crippen LogP contribution >= 0.6 is 11.8 Å². The molecule has 1 atom stereocenters. The average molecular weight is 388 g/mol. The quantitative estimate of drug-likeness (QED) is 0.668. The third kappa shape index (κ3) is 6.24. The van der Waals surface area contributed by atoms with Crippen molar-refractivity contribution in [2.24, 2.45) is 5.92 Å². The summed E-state index contributed by atoms with van der Waals surface area (Å²) in [5.41, 5.74) is 3.16. The number of carbonyl (C=O) groups is 2. The smallest absolute Gasteiger partial charge is 0.231 e. The van der Waals surface area contributed by atoms with Crippen molar-refractivity contribution in [3.8, 4) is 0 Å². The van der Waals surface area contributed by atoms with E-state index in [1.165, 1.54) is 18.7 Å². The zero-order valence-electron chi connectivity index (χ0n) is 16.8. The van der Waals surface area contributed by atoms with Gasteiger partial charge in [-0.15, -0.1) is 0 Å². The number of hydrogen-bond donors (Lipinski definition) is 1. The fraction of sp³-hybridized carbons (Fsp3) is 0.476. The Kier molecular flexibility index (Phi) is 7.66. The molecule has 0 aliphatic carbocycles. The summed E-state index contributed by atoms with van der Waals surface area (Å²) in [4.78, 5) is 29.0. The van der Waals surface area contributed by atoms with Crippen LogP contribution in [0.15, 0.2) is 35.5 Å². The molecule has 0 fully saturated rings. The Bertz CT molecular complexity index is 784. The number of nitrogens with one attached hydrogen (secondary N) is 1. The standard InChI is InChI=1S/C21H29N3O2S/c1-14(2)12-24-16(4)15(3)22-21(24)27-13-20(26)23-19(17(5)25)11-18-9-7-6-8-10-18/h6-10,14,19H,11-13H2,1-5H3,(H,23,26)/t19-/m1/s1. The molecule has 2 rings (SSSR count). The zero-order chi connectivity index (χ0) is 20.0. The third-order valence-electron chi connectivity index (χ3n) is 4.41. The molecule has 0 aliphatic heterocycles. The summed E-state index contributed by atoms with van der Waals surface area (Å²) in [6.45, 7) is 10.8. The lowest BCUT2D eigenvalue weighted by Crippen LogP contribution is -2.42. The maximum Gasteiger partial charge on any atom is 0.231 e. The van der Waals surface area contributed by atoms with Crippen LogP contribution in [0.3, 0.4) is 0 Å². The summed E-state index contributed by atoms with van der Waals surface area (Å²) in [7, 11) is 0. The van der Waals surface area contributed by atoms with Crippen molar-refractivity contribution >= 4 is 23.5 Å². The number of amides is 1. The van der Waals surface area contributed by atoms with Gasteiger partial charge in [0.05, 0.1) is 17.5 Å². The first-order chi connectivity index (χ1) is 12.8. The van der Waals surface area contributed by atoms with Crippen molar-refractivity contribution in [3.63, 3.8) is 0 Å². The van der Waals surface area contributed by atoms with Gasteiger partial charge in [-0.3, -0.25) is 9.59 Å². The van der Waals surface area contributed by atoms with Gasteiger partial charge in [-0.2, -0.15) is 0 Å². The molecule has 0 unspecified atom stereocenters.